The van der Waals surface area contributed by atoms with Crippen LogP contribution in [0.4, 0.5) is 0 Å². The fourth-order valence-electron chi connectivity index (χ4n) is 2.60. The van der Waals surface area contributed by atoms with E-state index < -0.39 is 0 Å². The van der Waals surface area contributed by atoms with Crippen molar-refractivity contribution in [2.75, 3.05) is 40.3 Å². The lowest BCUT2D eigenvalue weighted by atomic mass is 9.95. The maximum atomic E-state index is 3.29. The molecule has 0 radical (unpaired) electrons. The van der Waals surface area contributed by atoms with Gasteiger partial charge in [-0.3, -0.25) is 9.80 Å². The Morgan fingerprint density at radius 2 is 2.07 bits per heavy atom. The first-order valence-corrected chi connectivity index (χ1v) is 6.11. The summed E-state index contributed by atoms with van der Waals surface area (Å²) < 4.78 is 0. The number of likely N-dealkylation sites (N-methyl/N-ethyl adjacent to an activating group) is 2. The molecule has 0 amide bonds. The molecule has 0 bridgehead atoms. The van der Waals surface area contributed by atoms with E-state index in [2.05, 4.69) is 42.9 Å². The molecule has 1 heterocycles. The molecule has 1 aliphatic heterocycles. The van der Waals surface area contributed by atoms with Crippen molar-refractivity contribution in [2.24, 2.45) is 0 Å². The quantitative estimate of drug-likeness (QED) is 0.752. The van der Waals surface area contributed by atoms with E-state index in [1.54, 1.807) is 0 Å². The van der Waals surface area contributed by atoms with Crippen molar-refractivity contribution in [1.29, 1.82) is 0 Å². The summed E-state index contributed by atoms with van der Waals surface area (Å²) >= 11 is 0. The third-order valence-electron chi connectivity index (χ3n) is 3.48. The number of rotatable bonds is 4. The van der Waals surface area contributed by atoms with Crippen molar-refractivity contribution in [3.63, 3.8) is 0 Å². The van der Waals surface area contributed by atoms with E-state index >= 15 is 0 Å². The molecule has 0 spiro atoms. The Hall–Kier alpha value is -0.120. The Kier molecular flexibility index (Phi) is 4.56. The molecule has 1 fully saturated rings. The van der Waals surface area contributed by atoms with Crippen molar-refractivity contribution in [2.45, 2.75) is 38.8 Å². The average molecular weight is 213 g/mol. The Bertz CT molecular complexity index is 191. The molecule has 0 aromatic carbocycles. The van der Waals surface area contributed by atoms with Gasteiger partial charge in [-0.1, -0.05) is 6.92 Å². The van der Waals surface area contributed by atoms with E-state index in [1.165, 1.54) is 26.1 Å². The Morgan fingerprint density at radius 3 is 2.60 bits per heavy atom. The molecule has 0 aromatic rings. The van der Waals surface area contributed by atoms with E-state index in [1.807, 2.05) is 7.05 Å². The van der Waals surface area contributed by atoms with Crippen LogP contribution in [0.1, 0.15) is 27.2 Å². The highest BCUT2D eigenvalue weighted by Crippen LogP contribution is 2.23. The van der Waals surface area contributed by atoms with Gasteiger partial charge < -0.3 is 5.32 Å². The zero-order chi connectivity index (χ0) is 11.5. The molecular weight excluding hydrogens is 186 g/mol. The maximum Gasteiger partial charge on any atom is 0.0345 e. The number of hydrogen-bond acceptors (Lipinski definition) is 3. The van der Waals surface area contributed by atoms with Crippen LogP contribution >= 0.6 is 0 Å². The predicted molar refractivity (Wildman–Crippen MR) is 66.3 cm³/mol. The molecule has 90 valence electrons. The first kappa shape index (κ1) is 12.9. The Labute approximate surface area is 94.8 Å². The number of piperazine rings is 1. The van der Waals surface area contributed by atoms with Gasteiger partial charge in [0.05, 0.1) is 0 Å². The summed E-state index contributed by atoms with van der Waals surface area (Å²) in [5.74, 6) is 0. The van der Waals surface area contributed by atoms with E-state index in [0.29, 0.717) is 11.6 Å². The van der Waals surface area contributed by atoms with Gasteiger partial charge in [-0.2, -0.15) is 0 Å². The van der Waals surface area contributed by atoms with Crippen LogP contribution < -0.4 is 5.32 Å². The summed E-state index contributed by atoms with van der Waals surface area (Å²) in [4.78, 5) is 5.12. The van der Waals surface area contributed by atoms with Crippen LogP contribution in [0.5, 0.6) is 0 Å². The number of nitrogens with one attached hydrogen (secondary N) is 1. The molecule has 1 unspecified atom stereocenters. The summed E-state index contributed by atoms with van der Waals surface area (Å²) in [5, 5.41) is 3.29. The second-order valence-electron chi connectivity index (χ2n) is 5.39. The van der Waals surface area contributed by atoms with Gasteiger partial charge >= 0.3 is 0 Å². The molecule has 3 heteroatoms. The van der Waals surface area contributed by atoms with Crippen LogP contribution in [0.2, 0.25) is 0 Å². The van der Waals surface area contributed by atoms with Crippen molar-refractivity contribution >= 4 is 0 Å². The first-order valence-electron chi connectivity index (χ1n) is 6.11. The normalized spacial score (nSPS) is 28.2. The molecule has 1 rings (SSSR count). The van der Waals surface area contributed by atoms with Crippen molar-refractivity contribution < 1.29 is 0 Å². The summed E-state index contributed by atoms with van der Waals surface area (Å²) in [5.41, 5.74) is 0.328. The SMILES string of the molecule is CCCN1CC(CNC)N(C)CC1(C)C. The molecule has 1 saturated heterocycles. The summed E-state index contributed by atoms with van der Waals surface area (Å²) in [6.45, 7) is 11.6. The van der Waals surface area contributed by atoms with Crippen LogP contribution in [0.3, 0.4) is 0 Å². The standard InChI is InChI=1S/C12H27N3/c1-6-7-15-9-11(8-13-4)14(5)10-12(15,2)3/h11,13H,6-10H2,1-5H3. The largest absolute Gasteiger partial charge is 0.318 e. The van der Waals surface area contributed by atoms with Crippen molar-refractivity contribution in [3.05, 3.63) is 0 Å². The highest BCUT2D eigenvalue weighted by molar-refractivity contribution is 4.94. The molecule has 0 aromatic heterocycles. The number of hydrogen-bond donors (Lipinski definition) is 1. The zero-order valence-corrected chi connectivity index (χ0v) is 11.0. The third-order valence-corrected chi connectivity index (χ3v) is 3.48. The molecule has 1 aliphatic rings. The second kappa shape index (κ2) is 5.28. The van der Waals surface area contributed by atoms with Gasteiger partial charge in [-0.25, -0.2) is 0 Å². The molecule has 15 heavy (non-hydrogen) atoms. The fourth-order valence-corrected chi connectivity index (χ4v) is 2.60. The summed E-state index contributed by atoms with van der Waals surface area (Å²) in [6.07, 6.45) is 1.25. The van der Waals surface area contributed by atoms with Gasteiger partial charge in [0.25, 0.3) is 0 Å². The predicted octanol–water partition coefficient (Wildman–Crippen LogP) is 1.01. The maximum absolute atomic E-state index is 3.29. The highest BCUT2D eigenvalue weighted by Gasteiger charge is 2.36. The van der Waals surface area contributed by atoms with Crippen LogP contribution in [0, 0.1) is 0 Å². The zero-order valence-electron chi connectivity index (χ0n) is 11.0. The van der Waals surface area contributed by atoms with E-state index in [4.69, 9.17) is 0 Å². The van der Waals surface area contributed by atoms with E-state index in [0.717, 1.165) is 6.54 Å². The minimum absolute atomic E-state index is 0.328. The smallest absolute Gasteiger partial charge is 0.0345 e. The van der Waals surface area contributed by atoms with Crippen LogP contribution in [0.15, 0.2) is 0 Å². The van der Waals surface area contributed by atoms with Gasteiger partial charge in [0, 0.05) is 31.2 Å². The van der Waals surface area contributed by atoms with Crippen LogP contribution in [-0.4, -0.2) is 61.7 Å². The Balaban J connectivity index is 2.62. The number of nitrogens with zero attached hydrogens (tertiary/aromatic N) is 2. The lowest BCUT2D eigenvalue weighted by molar-refractivity contribution is -0.00368. The average Bonchev–Trinajstić information content (AvgIpc) is 2.13. The van der Waals surface area contributed by atoms with E-state index in [9.17, 15) is 0 Å². The van der Waals surface area contributed by atoms with Gasteiger partial charge in [0.1, 0.15) is 0 Å². The molecule has 0 saturated carbocycles. The molecule has 1 N–H and O–H groups in total. The topological polar surface area (TPSA) is 18.5 Å². The van der Waals surface area contributed by atoms with Gasteiger partial charge in [0.2, 0.25) is 0 Å². The minimum Gasteiger partial charge on any atom is -0.318 e. The summed E-state index contributed by atoms with van der Waals surface area (Å²) in [6, 6.07) is 0.662. The molecule has 3 nitrogen and oxygen atoms in total. The minimum atomic E-state index is 0.328. The monoisotopic (exact) mass is 213 g/mol. The lowest BCUT2D eigenvalue weighted by Gasteiger charge is -2.50. The van der Waals surface area contributed by atoms with Crippen LogP contribution in [0.25, 0.3) is 0 Å². The Morgan fingerprint density at radius 1 is 1.40 bits per heavy atom. The van der Waals surface area contributed by atoms with Gasteiger partial charge in [0.15, 0.2) is 0 Å². The van der Waals surface area contributed by atoms with Gasteiger partial charge in [-0.15, -0.1) is 0 Å². The van der Waals surface area contributed by atoms with Crippen LogP contribution in [-0.2, 0) is 0 Å². The third kappa shape index (κ3) is 3.16. The molecule has 0 aliphatic carbocycles. The fraction of sp³-hybridized carbons (Fsp3) is 1.00. The second-order valence-corrected chi connectivity index (χ2v) is 5.39. The molecular formula is C12H27N3. The first-order chi connectivity index (χ1) is 7.01. The molecule has 1 atom stereocenters. The lowest BCUT2D eigenvalue weighted by Crippen LogP contribution is -2.63. The van der Waals surface area contributed by atoms with Crippen molar-refractivity contribution in [3.8, 4) is 0 Å². The van der Waals surface area contributed by atoms with Gasteiger partial charge in [-0.05, 0) is 40.9 Å². The van der Waals surface area contributed by atoms with E-state index in [-0.39, 0.29) is 0 Å². The highest BCUT2D eigenvalue weighted by atomic mass is 15.3. The summed E-state index contributed by atoms with van der Waals surface area (Å²) in [7, 11) is 4.28. The van der Waals surface area contributed by atoms with Crippen molar-refractivity contribution in [1.82, 2.24) is 15.1 Å².